The number of hydrogen-bond acceptors (Lipinski definition) is 6. The number of benzene rings is 1. The highest BCUT2D eigenvalue weighted by atomic mass is 19.1. The van der Waals surface area contributed by atoms with Gasteiger partial charge in [0.15, 0.2) is 5.78 Å². The lowest BCUT2D eigenvalue weighted by Crippen LogP contribution is -2.48. The second kappa shape index (κ2) is 7.79. The summed E-state index contributed by atoms with van der Waals surface area (Å²) in [5, 5.41) is 11.1. The smallest absolute Gasteiger partial charge is 0.270 e. The number of ketones is 1. The molecule has 1 unspecified atom stereocenters. The number of halogens is 1. The number of nitrogens with zero attached hydrogens (tertiary/aromatic N) is 3. The third kappa shape index (κ3) is 3.20. The molecular weight excluding hydrogens is 385 g/mol. The van der Waals surface area contributed by atoms with Crippen molar-refractivity contribution in [1.82, 2.24) is 15.4 Å². The average Bonchev–Trinajstić information content (AvgIpc) is 2.76. The molecule has 2 aromatic rings. The van der Waals surface area contributed by atoms with Gasteiger partial charge < -0.3 is 5.73 Å². The number of aromatic nitrogens is 1. The summed E-state index contributed by atoms with van der Waals surface area (Å²) >= 11 is 0. The highest BCUT2D eigenvalue weighted by Gasteiger charge is 2.41. The van der Waals surface area contributed by atoms with Crippen molar-refractivity contribution < 1.29 is 14.0 Å². The van der Waals surface area contributed by atoms with Gasteiger partial charge in [0.1, 0.15) is 11.6 Å². The number of Topliss-reactive ketones (excluding diaryl/α,β-unsaturated/α-hetero) is 1. The van der Waals surface area contributed by atoms with Gasteiger partial charge in [-0.2, -0.15) is 5.26 Å². The molecule has 0 spiro atoms. The first-order valence-electron chi connectivity index (χ1n) is 9.44. The van der Waals surface area contributed by atoms with Crippen LogP contribution >= 0.6 is 0 Å². The van der Waals surface area contributed by atoms with Crippen molar-refractivity contribution in [3.05, 3.63) is 88.4 Å². The Hall–Kier alpha value is -3.99. The van der Waals surface area contributed by atoms with Gasteiger partial charge in [-0.1, -0.05) is 18.2 Å². The maximum absolute atomic E-state index is 14.6. The summed E-state index contributed by atoms with van der Waals surface area (Å²) in [4.78, 5) is 29.5. The van der Waals surface area contributed by atoms with Gasteiger partial charge in [0.05, 0.1) is 17.6 Å². The maximum atomic E-state index is 14.6. The zero-order valence-electron chi connectivity index (χ0n) is 15.9. The van der Waals surface area contributed by atoms with E-state index in [0.717, 1.165) is 0 Å². The summed E-state index contributed by atoms with van der Waals surface area (Å²) in [6, 6.07) is 11.1. The van der Waals surface area contributed by atoms with Crippen molar-refractivity contribution in [3.8, 4) is 6.07 Å². The SMILES string of the molecule is N#CC1=C(N)N(NC(=O)c2ccncc2)C2=C(C(=O)CCC2)C1c1ccccc1F. The van der Waals surface area contributed by atoms with Crippen molar-refractivity contribution in [2.75, 3.05) is 0 Å². The predicted octanol–water partition coefficient (Wildman–Crippen LogP) is 2.67. The number of pyridine rings is 1. The molecule has 4 rings (SSSR count). The third-order valence-electron chi connectivity index (χ3n) is 5.29. The van der Waals surface area contributed by atoms with E-state index >= 15 is 0 Å². The Balaban J connectivity index is 1.84. The molecule has 0 fully saturated rings. The molecule has 0 bridgehead atoms. The number of nitrogens with two attached hydrogens (primary N) is 1. The Morgan fingerprint density at radius 2 is 1.97 bits per heavy atom. The topological polar surface area (TPSA) is 112 Å². The molecule has 3 N–H and O–H groups in total. The van der Waals surface area contributed by atoms with Gasteiger partial charge in [0, 0.05) is 41.2 Å². The van der Waals surface area contributed by atoms with Crippen molar-refractivity contribution in [1.29, 1.82) is 5.26 Å². The molecule has 8 heteroatoms. The molecule has 30 heavy (non-hydrogen) atoms. The molecule has 0 radical (unpaired) electrons. The maximum Gasteiger partial charge on any atom is 0.270 e. The van der Waals surface area contributed by atoms with Crippen LogP contribution in [0.4, 0.5) is 4.39 Å². The first-order chi connectivity index (χ1) is 14.5. The van der Waals surface area contributed by atoms with Gasteiger partial charge in [-0.3, -0.25) is 20.0 Å². The summed E-state index contributed by atoms with van der Waals surface area (Å²) in [6.07, 6.45) is 4.27. The van der Waals surface area contributed by atoms with E-state index in [-0.39, 0.29) is 29.2 Å². The van der Waals surface area contributed by atoms with E-state index in [2.05, 4.69) is 10.4 Å². The van der Waals surface area contributed by atoms with Gasteiger partial charge in [-0.05, 0) is 31.0 Å². The highest BCUT2D eigenvalue weighted by molar-refractivity contribution is 6.00. The molecule has 0 saturated carbocycles. The third-order valence-corrected chi connectivity index (χ3v) is 5.29. The largest absolute Gasteiger partial charge is 0.383 e. The monoisotopic (exact) mass is 403 g/mol. The Kier molecular flexibility index (Phi) is 5.02. The minimum Gasteiger partial charge on any atom is -0.383 e. The first kappa shape index (κ1) is 19.3. The summed E-state index contributed by atoms with van der Waals surface area (Å²) in [6.45, 7) is 0. The minimum atomic E-state index is -0.909. The lowest BCUT2D eigenvalue weighted by Gasteiger charge is -2.39. The molecule has 1 aromatic carbocycles. The zero-order chi connectivity index (χ0) is 21.3. The number of carbonyl (C=O) groups is 2. The van der Waals surface area contributed by atoms with Gasteiger partial charge in [-0.25, -0.2) is 9.40 Å². The molecule has 2 aliphatic rings. The molecule has 1 aromatic heterocycles. The number of nitrogens with one attached hydrogen (secondary N) is 1. The summed E-state index contributed by atoms with van der Waals surface area (Å²) < 4.78 is 14.6. The second-order valence-corrected chi connectivity index (χ2v) is 7.01. The zero-order valence-corrected chi connectivity index (χ0v) is 15.9. The van der Waals surface area contributed by atoms with Crippen molar-refractivity contribution in [2.45, 2.75) is 25.2 Å². The van der Waals surface area contributed by atoms with Crippen molar-refractivity contribution >= 4 is 11.7 Å². The van der Waals surface area contributed by atoms with Crippen molar-refractivity contribution in [2.24, 2.45) is 5.73 Å². The normalized spacial score (nSPS) is 18.7. The lowest BCUT2D eigenvalue weighted by atomic mass is 9.76. The Labute approximate surface area is 172 Å². The quantitative estimate of drug-likeness (QED) is 0.815. The molecule has 1 aliphatic heterocycles. The molecule has 7 nitrogen and oxygen atoms in total. The fraction of sp³-hybridized carbons (Fsp3) is 0.182. The van der Waals surface area contributed by atoms with E-state index in [0.29, 0.717) is 29.7 Å². The molecule has 2 heterocycles. The van der Waals surface area contributed by atoms with E-state index in [1.165, 1.54) is 35.6 Å². The standard InChI is InChI=1S/C22H18FN5O2/c23-16-5-2-1-4-14(16)19-15(12-24)21(25)28(17-6-3-7-18(29)20(17)19)27-22(30)13-8-10-26-11-9-13/h1-2,4-5,8-11,19H,3,6-7,25H2,(H,27,30). The number of rotatable bonds is 3. The van der Waals surface area contributed by atoms with Crippen LogP contribution in [-0.2, 0) is 4.79 Å². The van der Waals surface area contributed by atoms with Crippen LogP contribution in [0, 0.1) is 17.1 Å². The number of hydrogen-bond donors (Lipinski definition) is 2. The van der Waals surface area contributed by atoms with Crippen LogP contribution in [-0.4, -0.2) is 21.7 Å². The second-order valence-electron chi connectivity index (χ2n) is 7.01. The molecule has 1 amide bonds. The van der Waals surface area contributed by atoms with Gasteiger partial charge in [-0.15, -0.1) is 0 Å². The van der Waals surface area contributed by atoms with Crippen LogP contribution < -0.4 is 11.2 Å². The molecule has 0 saturated heterocycles. The van der Waals surface area contributed by atoms with Crippen LogP contribution in [0.2, 0.25) is 0 Å². The number of amides is 1. The average molecular weight is 403 g/mol. The molecule has 150 valence electrons. The summed E-state index contributed by atoms with van der Waals surface area (Å²) in [7, 11) is 0. The Bertz CT molecular complexity index is 1130. The Morgan fingerprint density at radius 1 is 1.23 bits per heavy atom. The van der Waals surface area contributed by atoms with Gasteiger partial charge in [0.2, 0.25) is 0 Å². The van der Waals surface area contributed by atoms with Crippen molar-refractivity contribution in [3.63, 3.8) is 0 Å². The molecular formula is C22H18FN5O2. The predicted molar refractivity (Wildman–Crippen MR) is 105 cm³/mol. The van der Waals surface area contributed by atoms with Crippen LogP contribution in [0.1, 0.15) is 41.1 Å². The van der Waals surface area contributed by atoms with E-state index in [9.17, 15) is 19.2 Å². The number of allylic oxidation sites excluding steroid dienone is 3. The summed E-state index contributed by atoms with van der Waals surface area (Å²) in [5.74, 6) is -2.11. The van der Waals surface area contributed by atoms with E-state index < -0.39 is 17.6 Å². The number of carbonyl (C=O) groups excluding carboxylic acids is 2. The van der Waals surface area contributed by atoms with Crippen LogP contribution in [0.3, 0.4) is 0 Å². The molecule has 1 aliphatic carbocycles. The fourth-order valence-electron chi connectivity index (χ4n) is 3.90. The number of nitriles is 1. The van der Waals surface area contributed by atoms with Gasteiger partial charge in [0.25, 0.3) is 5.91 Å². The van der Waals surface area contributed by atoms with Crippen LogP contribution in [0.25, 0.3) is 0 Å². The van der Waals surface area contributed by atoms with Crippen LogP contribution in [0.15, 0.2) is 71.5 Å². The van der Waals surface area contributed by atoms with Gasteiger partial charge >= 0.3 is 0 Å². The summed E-state index contributed by atoms with van der Waals surface area (Å²) in [5.41, 5.74) is 10.3. The molecule has 1 atom stereocenters. The van der Waals surface area contributed by atoms with E-state index in [1.54, 1.807) is 18.2 Å². The lowest BCUT2D eigenvalue weighted by molar-refractivity contribution is -0.116. The van der Waals surface area contributed by atoms with Crippen LogP contribution in [0.5, 0.6) is 0 Å². The first-order valence-corrected chi connectivity index (χ1v) is 9.44. The van der Waals surface area contributed by atoms with E-state index in [4.69, 9.17) is 5.73 Å². The fourth-order valence-corrected chi connectivity index (χ4v) is 3.90. The van der Waals surface area contributed by atoms with E-state index in [1.807, 2.05) is 6.07 Å². The minimum absolute atomic E-state index is 0.0177. The highest BCUT2D eigenvalue weighted by Crippen LogP contribution is 2.44. The number of hydrazine groups is 1. The Morgan fingerprint density at radius 3 is 2.67 bits per heavy atom.